The Morgan fingerprint density at radius 2 is 2.08 bits per heavy atom. The van der Waals surface area contributed by atoms with Crippen molar-refractivity contribution in [3.63, 3.8) is 0 Å². The van der Waals surface area contributed by atoms with Gasteiger partial charge in [0.15, 0.2) is 0 Å². The Hall–Kier alpha value is -2.69. The first-order chi connectivity index (χ1) is 18.6. The number of tetrazole rings is 1. The van der Waals surface area contributed by atoms with Gasteiger partial charge < -0.3 is 26.0 Å². The third kappa shape index (κ3) is 7.29. The monoisotopic (exact) mass is 581 g/mol. The van der Waals surface area contributed by atoms with E-state index in [1.807, 2.05) is 13.8 Å². The second-order valence-electron chi connectivity index (χ2n) is 10.1. The Labute approximate surface area is 234 Å². The molecule has 0 radical (unpaired) electrons. The molecule has 1 aromatic rings. The van der Waals surface area contributed by atoms with Crippen molar-refractivity contribution in [1.82, 2.24) is 46.4 Å². The summed E-state index contributed by atoms with van der Waals surface area (Å²) in [5.74, 6) is -0.456. The number of thioether (sulfide) groups is 2. The van der Waals surface area contributed by atoms with Crippen molar-refractivity contribution in [3.05, 3.63) is 16.9 Å². The molecule has 3 amide bonds. The number of aliphatic carboxylic acids is 1. The van der Waals surface area contributed by atoms with Gasteiger partial charge in [0.05, 0.1) is 6.04 Å². The number of amides is 3. The number of rotatable bonds is 11. The molecule has 3 aliphatic rings. The van der Waals surface area contributed by atoms with Crippen LogP contribution < -0.4 is 21.3 Å². The van der Waals surface area contributed by atoms with E-state index in [0.29, 0.717) is 18.0 Å². The topological polar surface area (TPSA) is 183 Å². The number of hydrogen-bond donors (Lipinski definition) is 5. The lowest BCUT2D eigenvalue weighted by Gasteiger charge is -2.26. The van der Waals surface area contributed by atoms with Crippen LogP contribution in [-0.4, -0.2) is 108 Å². The highest BCUT2D eigenvalue weighted by Gasteiger charge is 2.43. The molecule has 0 bridgehead atoms. The largest absolute Gasteiger partial charge is 0.477 e. The van der Waals surface area contributed by atoms with Gasteiger partial charge in [0.2, 0.25) is 17.7 Å². The molecule has 4 heterocycles. The second-order valence-corrected chi connectivity index (χ2v) is 12.5. The highest BCUT2D eigenvalue weighted by molar-refractivity contribution is 8.03. The van der Waals surface area contributed by atoms with Crippen LogP contribution in [0.1, 0.15) is 33.6 Å². The van der Waals surface area contributed by atoms with Gasteiger partial charge in [-0.15, -0.1) is 28.6 Å². The zero-order chi connectivity index (χ0) is 28.1. The van der Waals surface area contributed by atoms with Crippen LogP contribution in [0.5, 0.6) is 0 Å². The van der Waals surface area contributed by atoms with Crippen LogP contribution in [0.4, 0.5) is 0 Å². The SMILES string of the molecule is C[C@H](CC(=O)N1C(C(=O)O)=C(S[C@@H]2CN[C@H](CNC(=O)[C@@H]3CSCN3)C2)[C@H](C)[C@@H]1C)NC(=O)Cn1cnnn1. The van der Waals surface area contributed by atoms with Crippen LogP contribution >= 0.6 is 23.5 Å². The van der Waals surface area contributed by atoms with Crippen molar-refractivity contribution in [1.29, 1.82) is 0 Å². The van der Waals surface area contributed by atoms with Gasteiger partial charge in [-0.05, 0) is 30.7 Å². The van der Waals surface area contributed by atoms with E-state index < -0.39 is 12.0 Å². The van der Waals surface area contributed by atoms with Crippen LogP contribution in [0.15, 0.2) is 16.9 Å². The van der Waals surface area contributed by atoms with E-state index in [1.54, 1.807) is 18.7 Å². The molecule has 2 fully saturated rings. The normalized spacial score (nSPS) is 27.6. The van der Waals surface area contributed by atoms with Crippen molar-refractivity contribution >= 4 is 47.2 Å². The van der Waals surface area contributed by atoms with Crippen LogP contribution in [0, 0.1) is 5.92 Å². The Kier molecular flexibility index (Phi) is 9.85. The summed E-state index contributed by atoms with van der Waals surface area (Å²) in [4.78, 5) is 52.3. The highest BCUT2D eigenvalue weighted by Crippen LogP contribution is 2.44. The first-order valence-electron chi connectivity index (χ1n) is 12.9. The van der Waals surface area contributed by atoms with E-state index in [1.165, 1.54) is 27.7 Å². The van der Waals surface area contributed by atoms with Gasteiger partial charge in [0, 0.05) is 65.3 Å². The molecule has 0 saturated carbocycles. The summed E-state index contributed by atoms with van der Waals surface area (Å²) in [6.07, 6.45) is 2.04. The molecule has 39 heavy (non-hydrogen) atoms. The van der Waals surface area contributed by atoms with Gasteiger partial charge in [0.25, 0.3) is 0 Å². The third-order valence-electron chi connectivity index (χ3n) is 7.11. The van der Waals surface area contributed by atoms with Gasteiger partial charge in [-0.2, -0.15) is 0 Å². The summed E-state index contributed by atoms with van der Waals surface area (Å²) < 4.78 is 1.27. The fourth-order valence-electron chi connectivity index (χ4n) is 4.95. The standard InChI is InChI=1S/C23H35N9O5S2/c1-12(28-18(33)8-31-10-27-29-30-31)4-19(34)32-14(3)13(2)21(20(32)23(36)37)39-16-5-15(24-7-16)6-25-22(35)17-9-38-11-26-17/h10,12-17,24,26H,4-9,11H2,1-3H3,(H,25,35)(H,28,33)(H,36,37)/t12-,13-,14+,15+,16+,17+/m1/s1. The Bertz CT molecular complexity index is 1100. The number of aromatic nitrogens is 4. The molecule has 0 spiro atoms. The number of nitrogens with one attached hydrogen (secondary N) is 4. The molecule has 0 aliphatic carbocycles. The van der Waals surface area contributed by atoms with Crippen molar-refractivity contribution in [3.8, 4) is 0 Å². The third-order valence-corrected chi connectivity index (χ3v) is 9.56. The Morgan fingerprint density at radius 3 is 2.74 bits per heavy atom. The zero-order valence-corrected chi connectivity index (χ0v) is 23.8. The summed E-state index contributed by atoms with van der Waals surface area (Å²) in [6.45, 7) is 6.59. The molecule has 5 N–H and O–H groups in total. The lowest BCUT2D eigenvalue weighted by molar-refractivity contribution is -0.140. The predicted molar refractivity (Wildman–Crippen MR) is 145 cm³/mol. The average molecular weight is 582 g/mol. The lowest BCUT2D eigenvalue weighted by Crippen LogP contribution is -2.46. The molecule has 4 rings (SSSR count). The van der Waals surface area contributed by atoms with E-state index in [9.17, 15) is 24.3 Å². The maximum atomic E-state index is 13.3. The van der Waals surface area contributed by atoms with Crippen LogP contribution in [0.3, 0.4) is 0 Å². The number of hydrogen-bond acceptors (Lipinski definition) is 11. The van der Waals surface area contributed by atoms with Gasteiger partial charge in [-0.25, -0.2) is 9.48 Å². The van der Waals surface area contributed by atoms with Crippen molar-refractivity contribution < 1.29 is 24.3 Å². The van der Waals surface area contributed by atoms with Gasteiger partial charge in [0.1, 0.15) is 18.6 Å². The van der Waals surface area contributed by atoms with Gasteiger partial charge in [-0.3, -0.25) is 19.7 Å². The number of carboxylic acids is 1. The summed E-state index contributed by atoms with van der Waals surface area (Å²) in [5.41, 5.74) is 0.0128. The number of carbonyl (C=O) groups excluding carboxylic acids is 3. The first kappa shape index (κ1) is 29.3. The van der Waals surface area contributed by atoms with E-state index in [2.05, 4.69) is 36.8 Å². The van der Waals surface area contributed by atoms with Crippen molar-refractivity contribution in [2.75, 3.05) is 24.7 Å². The summed E-state index contributed by atoms with van der Waals surface area (Å²) in [6, 6.07) is -0.907. The first-order valence-corrected chi connectivity index (χ1v) is 15.0. The predicted octanol–water partition coefficient (Wildman–Crippen LogP) is -1.03. The van der Waals surface area contributed by atoms with Gasteiger partial charge >= 0.3 is 5.97 Å². The molecule has 14 nitrogen and oxygen atoms in total. The summed E-state index contributed by atoms with van der Waals surface area (Å²) >= 11 is 3.20. The summed E-state index contributed by atoms with van der Waals surface area (Å²) in [7, 11) is 0. The van der Waals surface area contributed by atoms with E-state index in [-0.39, 0.29) is 65.7 Å². The Morgan fingerprint density at radius 1 is 1.28 bits per heavy atom. The zero-order valence-electron chi connectivity index (χ0n) is 22.1. The highest BCUT2D eigenvalue weighted by atomic mass is 32.2. The van der Waals surface area contributed by atoms with Gasteiger partial charge in [-0.1, -0.05) is 6.92 Å². The van der Waals surface area contributed by atoms with E-state index >= 15 is 0 Å². The second kappa shape index (κ2) is 13.1. The molecule has 0 aromatic carbocycles. The smallest absolute Gasteiger partial charge is 0.353 e. The molecule has 1 aromatic heterocycles. The van der Waals surface area contributed by atoms with Crippen LogP contribution in [-0.2, 0) is 25.7 Å². The maximum Gasteiger partial charge on any atom is 0.353 e. The fourth-order valence-corrected chi connectivity index (χ4v) is 7.47. The minimum atomic E-state index is -1.14. The van der Waals surface area contributed by atoms with Crippen molar-refractivity contribution in [2.24, 2.45) is 5.92 Å². The van der Waals surface area contributed by atoms with Crippen LogP contribution in [0.2, 0.25) is 0 Å². The molecule has 2 saturated heterocycles. The lowest BCUT2D eigenvalue weighted by atomic mass is 10.1. The molecular formula is C23H35N9O5S2. The van der Waals surface area contributed by atoms with Crippen LogP contribution in [0.25, 0.3) is 0 Å². The Balaban J connectivity index is 1.33. The average Bonchev–Trinajstić information content (AvgIpc) is 3.68. The van der Waals surface area contributed by atoms with Crippen molar-refractivity contribution in [2.45, 2.75) is 69.6 Å². The molecule has 0 unspecified atom stereocenters. The minimum Gasteiger partial charge on any atom is -0.477 e. The summed E-state index contributed by atoms with van der Waals surface area (Å²) in [5, 5.41) is 33.2. The minimum absolute atomic E-state index is 0.00184. The van der Waals surface area contributed by atoms with E-state index in [0.717, 1.165) is 18.1 Å². The van der Waals surface area contributed by atoms with E-state index in [4.69, 9.17) is 0 Å². The molecule has 16 heteroatoms. The molecule has 214 valence electrons. The molecular weight excluding hydrogens is 546 g/mol. The number of carboxylic acid groups (broad SMARTS) is 1. The quantitative estimate of drug-likeness (QED) is 0.215. The maximum absolute atomic E-state index is 13.3. The number of carbonyl (C=O) groups is 4. The number of nitrogens with zero attached hydrogens (tertiary/aromatic N) is 5. The molecule has 3 aliphatic heterocycles. The fraction of sp³-hybridized carbons (Fsp3) is 0.696. The molecule has 6 atom stereocenters.